The third kappa shape index (κ3) is 4.20. The van der Waals surface area contributed by atoms with E-state index in [9.17, 15) is 4.79 Å². The highest BCUT2D eigenvalue weighted by molar-refractivity contribution is 5.93. The second-order valence-corrected chi connectivity index (χ2v) is 5.74. The average Bonchev–Trinajstić information content (AvgIpc) is 2.89. The van der Waals surface area contributed by atoms with Crippen LogP contribution in [-0.2, 0) is 0 Å². The van der Waals surface area contributed by atoms with E-state index in [0.717, 1.165) is 57.6 Å². The van der Waals surface area contributed by atoms with E-state index >= 15 is 0 Å². The van der Waals surface area contributed by atoms with Gasteiger partial charge in [0.1, 0.15) is 0 Å². The summed E-state index contributed by atoms with van der Waals surface area (Å²) in [5.41, 5.74) is 1.43. The molecule has 0 unspecified atom stereocenters. The normalized spacial score (nSPS) is 15.4. The Morgan fingerprint density at radius 2 is 1.86 bits per heavy atom. The average molecular weight is 330 g/mol. The molecule has 1 aromatic heterocycles. The van der Waals surface area contributed by atoms with Crippen LogP contribution in [0.2, 0.25) is 0 Å². The zero-order valence-electron chi connectivity index (χ0n) is 13.8. The molecule has 0 aromatic carbocycles. The lowest BCUT2D eigenvalue weighted by Crippen LogP contribution is -2.33. The van der Waals surface area contributed by atoms with E-state index in [0.29, 0.717) is 11.7 Å². The number of halogens is 1. The summed E-state index contributed by atoms with van der Waals surface area (Å²) < 4.78 is 1.95. The maximum Gasteiger partial charge on any atom is 0.276 e. The number of piperidine rings is 1. The van der Waals surface area contributed by atoms with Gasteiger partial charge in [-0.25, -0.2) is 4.68 Å². The van der Waals surface area contributed by atoms with Crippen LogP contribution >= 0.6 is 12.4 Å². The highest BCUT2D eigenvalue weighted by Crippen LogP contribution is 2.21. The first kappa shape index (κ1) is 18.9. The van der Waals surface area contributed by atoms with Gasteiger partial charge < -0.3 is 10.2 Å². The van der Waals surface area contributed by atoms with Crippen molar-refractivity contribution in [3.05, 3.63) is 11.4 Å². The minimum Gasteiger partial charge on any atom is -0.337 e. The molecule has 1 aliphatic rings. The van der Waals surface area contributed by atoms with Crippen LogP contribution in [0.3, 0.4) is 0 Å². The van der Waals surface area contributed by atoms with Crippen LogP contribution in [0.15, 0.2) is 0 Å². The van der Waals surface area contributed by atoms with Gasteiger partial charge in [0.25, 0.3) is 5.91 Å². The maximum atomic E-state index is 12.6. The third-order valence-electron chi connectivity index (χ3n) is 4.06. The molecule has 0 spiro atoms. The van der Waals surface area contributed by atoms with Gasteiger partial charge in [-0.05, 0) is 45.7 Å². The number of rotatable bonds is 6. The Kier molecular flexibility index (Phi) is 7.82. The van der Waals surface area contributed by atoms with Gasteiger partial charge in [0.05, 0.1) is 11.7 Å². The fraction of sp³-hybridized carbons (Fsp3) is 0.800. The van der Waals surface area contributed by atoms with E-state index < -0.39 is 0 Å². The van der Waals surface area contributed by atoms with Crippen molar-refractivity contribution in [1.29, 1.82) is 0 Å². The molecular weight excluding hydrogens is 302 g/mol. The first-order valence-electron chi connectivity index (χ1n) is 8.10. The van der Waals surface area contributed by atoms with Crippen molar-refractivity contribution in [1.82, 2.24) is 25.2 Å². The lowest BCUT2D eigenvalue weighted by molar-refractivity contribution is 0.0748. The highest BCUT2D eigenvalue weighted by Gasteiger charge is 2.25. The predicted molar refractivity (Wildman–Crippen MR) is 89.6 cm³/mol. The van der Waals surface area contributed by atoms with Gasteiger partial charge in [0.15, 0.2) is 5.69 Å². The molecule has 2 rings (SSSR count). The molecule has 1 fully saturated rings. The summed E-state index contributed by atoms with van der Waals surface area (Å²) in [5, 5.41) is 11.8. The number of nitrogens with zero attached hydrogens (tertiary/aromatic N) is 4. The SMILES string of the molecule is CCCN(CCC)C(=O)c1nnn(C2CCNCC2)c1C.Cl. The topological polar surface area (TPSA) is 63.1 Å². The van der Waals surface area contributed by atoms with Gasteiger partial charge in [0.2, 0.25) is 0 Å². The van der Waals surface area contributed by atoms with E-state index in [2.05, 4.69) is 29.5 Å². The largest absolute Gasteiger partial charge is 0.337 e. The van der Waals surface area contributed by atoms with Crippen LogP contribution in [-0.4, -0.2) is 52.0 Å². The smallest absolute Gasteiger partial charge is 0.276 e. The fourth-order valence-electron chi connectivity index (χ4n) is 2.94. The van der Waals surface area contributed by atoms with Crippen molar-refractivity contribution < 1.29 is 4.79 Å². The van der Waals surface area contributed by atoms with Crippen LogP contribution in [0.5, 0.6) is 0 Å². The lowest BCUT2D eigenvalue weighted by Gasteiger charge is -2.24. The molecule has 1 saturated heterocycles. The van der Waals surface area contributed by atoms with Crippen LogP contribution < -0.4 is 5.32 Å². The molecule has 1 amide bonds. The molecule has 1 aliphatic heterocycles. The van der Waals surface area contributed by atoms with Crippen LogP contribution in [0, 0.1) is 6.92 Å². The van der Waals surface area contributed by atoms with E-state index in [4.69, 9.17) is 0 Å². The highest BCUT2D eigenvalue weighted by atomic mass is 35.5. The van der Waals surface area contributed by atoms with Gasteiger partial charge in [0, 0.05) is 13.1 Å². The molecular formula is C15H28ClN5O. The summed E-state index contributed by atoms with van der Waals surface area (Å²) in [6.45, 7) is 9.73. The molecule has 22 heavy (non-hydrogen) atoms. The summed E-state index contributed by atoms with van der Waals surface area (Å²) >= 11 is 0. The standard InChI is InChI=1S/C15H27N5O.ClH/c1-4-10-19(11-5-2)15(21)14-12(3)20(18-17-14)13-6-8-16-9-7-13;/h13,16H,4-11H2,1-3H3;1H. The molecule has 6 nitrogen and oxygen atoms in total. The van der Waals surface area contributed by atoms with Crippen molar-refractivity contribution in [2.45, 2.75) is 52.5 Å². The second-order valence-electron chi connectivity index (χ2n) is 5.74. The Morgan fingerprint density at radius 1 is 1.27 bits per heavy atom. The lowest BCUT2D eigenvalue weighted by atomic mass is 10.1. The molecule has 126 valence electrons. The quantitative estimate of drug-likeness (QED) is 0.869. The van der Waals surface area contributed by atoms with Crippen molar-refractivity contribution >= 4 is 18.3 Å². The molecule has 1 N–H and O–H groups in total. The van der Waals surface area contributed by atoms with Gasteiger partial charge in [-0.1, -0.05) is 19.1 Å². The predicted octanol–water partition coefficient (Wildman–Crippen LogP) is 2.20. The Hall–Kier alpha value is -1.14. The van der Waals surface area contributed by atoms with Gasteiger partial charge >= 0.3 is 0 Å². The Labute approximate surface area is 139 Å². The van der Waals surface area contributed by atoms with E-state index in [1.54, 1.807) is 0 Å². The summed E-state index contributed by atoms with van der Waals surface area (Å²) in [4.78, 5) is 14.5. The van der Waals surface area contributed by atoms with Crippen LogP contribution in [0.1, 0.15) is 61.8 Å². The number of carbonyl (C=O) groups excluding carboxylic acids is 1. The third-order valence-corrected chi connectivity index (χ3v) is 4.06. The number of aromatic nitrogens is 3. The zero-order chi connectivity index (χ0) is 15.2. The molecule has 0 aliphatic carbocycles. The van der Waals surface area contributed by atoms with Crippen molar-refractivity contribution in [2.75, 3.05) is 26.2 Å². The second kappa shape index (κ2) is 9.10. The van der Waals surface area contributed by atoms with Crippen LogP contribution in [0.25, 0.3) is 0 Å². The minimum absolute atomic E-state index is 0. The Bertz CT molecular complexity index is 464. The van der Waals surface area contributed by atoms with Crippen molar-refractivity contribution in [2.24, 2.45) is 0 Å². The molecule has 2 heterocycles. The molecule has 0 bridgehead atoms. The van der Waals surface area contributed by atoms with E-state index in [-0.39, 0.29) is 18.3 Å². The number of nitrogens with one attached hydrogen (secondary N) is 1. The fourth-order valence-corrected chi connectivity index (χ4v) is 2.94. The first-order valence-corrected chi connectivity index (χ1v) is 8.10. The van der Waals surface area contributed by atoms with E-state index in [1.807, 2.05) is 16.5 Å². The summed E-state index contributed by atoms with van der Waals surface area (Å²) in [5.74, 6) is 0.0244. The number of hydrogen-bond acceptors (Lipinski definition) is 4. The molecule has 0 atom stereocenters. The maximum absolute atomic E-state index is 12.6. The molecule has 0 radical (unpaired) electrons. The molecule has 0 saturated carbocycles. The monoisotopic (exact) mass is 329 g/mol. The van der Waals surface area contributed by atoms with Gasteiger partial charge in [-0.3, -0.25) is 4.79 Å². The molecule has 7 heteroatoms. The van der Waals surface area contributed by atoms with Crippen molar-refractivity contribution in [3.8, 4) is 0 Å². The first-order chi connectivity index (χ1) is 10.2. The molecule has 1 aromatic rings. The van der Waals surface area contributed by atoms with Gasteiger partial charge in [-0.15, -0.1) is 17.5 Å². The summed E-state index contributed by atoms with van der Waals surface area (Å²) in [6, 6.07) is 0.367. The number of hydrogen-bond donors (Lipinski definition) is 1. The summed E-state index contributed by atoms with van der Waals surface area (Å²) in [6.07, 6.45) is 4.03. The van der Waals surface area contributed by atoms with Crippen LogP contribution in [0.4, 0.5) is 0 Å². The minimum atomic E-state index is 0. The summed E-state index contributed by atoms with van der Waals surface area (Å²) in [7, 11) is 0. The number of carbonyl (C=O) groups is 1. The van der Waals surface area contributed by atoms with Crippen molar-refractivity contribution in [3.63, 3.8) is 0 Å². The zero-order valence-corrected chi connectivity index (χ0v) is 14.7. The Morgan fingerprint density at radius 3 is 2.41 bits per heavy atom. The van der Waals surface area contributed by atoms with E-state index in [1.165, 1.54) is 0 Å². The Balaban J connectivity index is 0.00000242. The van der Waals surface area contributed by atoms with Gasteiger partial charge in [-0.2, -0.15) is 0 Å². The number of amides is 1.